The molecule has 0 saturated carbocycles. The van der Waals surface area contributed by atoms with Crippen molar-refractivity contribution in [2.45, 2.75) is 74.3 Å². The van der Waals surface area contributed by atoms with Gasteiger partial charge in [-0.15, -0.1) is 0 Å². The SMILES string of the molecule is CC1=CC(C)([Si](c2c(-c3ccccc3)c(C)cc(C)c2-c2ccccc2)(c2c(-c3ccccc3)c(C)cc(C)c2-c2ccccc2)c2c(-c3ccccc3)c(C)cc(C)c2-c2ccccc2)C(C)=C1C. The van der Waals surface area contributed by atoms with Crippen LogP contribution in [0, 0.1) is 41.5 Å². The lowest BCUT2D eigenvalue weighted by atomic mass is 9.90. The number of benzene rings is 9. The lowest BCUT2D eigenvalue weighted by Gasteiger charge is -2.52. The van der Waals surface area contributed by atoms with E-state index in [1.165, 1.54) is 132 Å². The fourth-order valence-corrected chi connectivity index (χ4v) is 20.6. The summed E-state index contributed by atoms with van der Waals surface area (Å²) in [5.41, 5.74) is 27.3. The number of hydrogen-bond donors (Lipinski definition) is 0. The first-order valence-corrected chi connectivity index (χ1v) is 27.0. The van der Waals surface area contributed by atoms with Crippen molar-refractivity contribution in [1.29, 1.82) is 0 Å². The Labute approximate surface area is 418 Å². The van der Waals surface area contributed by atoms with Crippen molar-refractivity contribution in [3.8, 4) is 66.8 Å². The molecule has 344 valence electrons. The Morgan fingerprint density at radius 1 is 0.286 bits per heavy atom. The van der Waals surface area contributed by atoms with Gasteiger partial charge < -0.3 is 0 Å². The van der Waals surface area contributed by atoms with Crippen molar-refractivity contribution in [2.75, 3.05) is 0 Å². The standard InChI is InChI=1S/C69H64Si/c1-45-41-46(2)61(55-31-19-12-20-32-55)66(60(45)54-29-17-11-18-30-54)70(69(10)44-51(7)52(8)53(69)9,67-62(56-33-21-13-22-34-56)47(3)42-48(4)63(67)57-35-23-14-24-36-57)68-64(58-37-25-15-26-38-58)49(5)43-50(6)65(68)59-39-27-16-28-40-59/h11-44H,1-10H3. The van der Waals surface area contributed by atoms with Crippen molar-refractivity contribution in [2.24, 2.45) is 0 Å². The molecule has 10 rings (SSSR count). The lowest BCUT2D eigenvalue weighted by Crippen LogP contribution is -2.75. The molecule has 1 aliphatic rings. The molecule has 1 unspecified atom stereocenters. The first kappa shape index (κ1) is 46.4. The monoisotopic (exact) mass is 920 g/mol. The molecular weight excluding hydrogens is 857 g/mol. The maximum atomic E-state index is 2.74. The van der Waals surface area contributed by atoms with E-state index in [4.69, 9.17) is 0 Å². The summed E-state index contributed by atoms with van der Waals surface area (Å²) in [5, 5.41) is 3.83. The molecule has 0 aromatic heterocycles. The van der Waals surface area contributed by atoms with Gasteiger partial charge in [-0.05, 0) is 184 Å². The molecule has 0 bridgehead atoms. The Hall–Kier alpha value is -7.32. The summed E-state index contributed by atoms with van der Waals surface area (Å²) in [6.45, 7) is 24.2. The summed E-state index contributed by atoms with van der Waals surface area (Å²) >= 11 is 0. The van der Waals surface area contributed by atoms with Gasteiger partial charge in [0.2, 0.25) is 0 Å². The summed E-state index contributed by atoms with van der Waals surface area (Å²) in [7, 11) is -3.95. The molecule has 1 aliphatic carbocycles. The molecule has 1 heteroatoms. The highest BCUT2D eigenvalue weighted by atomic mass is 28.3. The fourth-order valence-electron chi connectivity index (χ4n) is 12.8. The van der Waals surface area contributed by atoms with Crippen LogP contribution in [0.2, 0.25) is 5.04 Å². The van der Waals surface area contributed by atoms with Crippen LogP contribution in [-0.4, -0.2) is 8.07 Å². The van der Waals surface area contributed by atoms with Gasteiger partial charge >= 0.3 is 0 Å². The van der Waals surface area contributed by atoms with Crippen LogP contribution in [0.1, 0.15) is 61.1 Å². The zero-order valence-corrected chi connectivity index (χ0v) is 43.6. The molecule has 0 fully saturated rings. The predicted octanol–water partition coefficient (Wildman–Crippen LogP) is 17.1. The maximum Gasteiger partial charge on any atom is 0.166 e. The van der Waals surface area contributed by atoms with Crippen LogP contribution in [0.4, 0.5) is 0 Å². The van der Waals surface area contributed by atoms with E-state index < -0.39 is 13.1 Å². The van der Waals surface area contributed by atoms with E-state index in [9.17, 15) is 0 Å². The topological polar surface area (TPSA) is 0 Å². The third-order valence-corrected chi connectivity index (χ3v) is 21.7. The number of allylic oxidation sites excluding steroid dienone is 4. The van der Waals surface area contributed by atoms with Crippen molar-refractivity contribution >= 4 is 23.6 Å². The minimum absolute atomic E-state index is 0.547. The number of hydrogen-bond acceptors (Lipinski definition) is 0. The molecule has 0 amide bonds. The van der Waals surface area contributed by atoms with Gasteiger partial charge in [0.05, 0.1) is 0 Å². The van der Waals surface area contributed by atoms with Crippen molar-refractivity contribution in [3.63, 3.8) is 0 Å². The highest BCUT2D eigenvalue weighted by molar-refractivity contribution is 7.17. The van der Waals surface area contributed by atoms with Gasteiger partial charge in [-0.25, -0.2) is 0 Å². The van der Waals surface area contributed by atoms with Crippen LogP contribution < -0.4 is 15.6 Å². The molecular formula is C69H64Si. The Bertz CT molecular complexity index is 2950. The predicted molar refractivity (Wildman–Crippen MR) is 306 cm³/mol. The van der Waals surface area contributed by atoms with E-state index in [0.29, 0.717) is 0 Å². The molecule has 0 heterocycles. The van der Waals surface area contributed by atoms with E-state index in [-0.39, 0.29) is 0 Å². The van der Waals surface area contributed by atoms with E-state index in [1.54, 1.807) is 0 Å². The summed E-state index contributed by atoms with van der Waals surface area (Å²) in [6.07, 6.45) is 2.74. The van der Waals surface area contributed by atoms with Gasteiger partial charge in [-0.3, -0.25) is 0 Å². The van der Waals surface area contributed by atoms with E-state index >= 15 is 0 Å². The molecule has 9 aromatic rings. The van der Waals surface area contributed by atoms with Crippen molar-refractivity contribution in [3.05, 3.63) is 256 Å². The first-order chi connectivity index (χ1) is 33.9. The smallest absolute Gasteiger partial charge is 0.0730 e. The lowest BCUT2D eigenvalue weighted by molar-refractivity contribution is 0.870. The van der Waals surface area contributed by atoms with Crippen LogP contribution in [-0.2, 0) is 0 Å². The molecule has 1 atom stereocenters. The molecule has 0 spiro atoms. The van der Waals surface area contributed by atoms with Crippen molar-refractivity contribution < 1.29 is 0 Å². The van der Waals surface area contributed by atoms with Crippen LogP contribution >= 0.6 is 0 Å². The second-order valence-corrected chi connectivity index (χ2v) is 24.2. The third-order valence-electron chi connectivity index (χ3n) is 15.9. The molecule has 0 radical (unpaired) electrons. The highest BCUT2D eigenvalue weighted by Crippen LogP contribution is 2.58. The fraction of sp³-hybridized carbons (Fsp3) is 0.159. The van der Waals surface area contributed by atoms with Gasteiger partial charge in [0.1, 0.15) is 0 Å². The Morgan fingerprint density at radius 2 is 0.486 bits per heavy atom. The first-order valence-electron chi connectivity index (χ1n) is 25.0. The van der Waals surface area contributed by atoms with Gasteiger partial charge in [-0.2, -0.15) is 0 Å². The molecule has 9 aromatic carbocycles. The molecule has 0 saturated heterocycles. The second kappa shape index (κ2) is 18.5. The Morgan fingerprint density at radius 3 is 0.657 bits per heavy atom. The van der Waals surface area contributed by atoms with E-state index in [0.717, 1.165) is 0 Å². The Kier molecular flexibility index (Phi) is 12.3. The summed E-state index contributed by atoms with van der Waals surface area (Å²) in [5.74, 6) is 0. The van der Waals surface area contributed by atoms with Gasteiger partial charge in [-0.1, -0.05) is 224 Å². The minimum atomic E-state index is -3.95. The molecule has 0 N–H and O–H groups in total. The summed E-state index contributed by atoms with van der Waals surface area (Å²) in [4.78, 5) is 0. The third kappa shape index (κ3) is 7.42. The average Bonchev–Trinajstić information content (AvgIpc) is 3.57. The zero-order valence-electron chi connectivity index (χ0n) is 42.6. The normalized spacial score (nSPS) is 14.8. The quantitative estimate of drug-likeness (QED) is 0.0947. The van der Waals surface area contributed by atoms with Gasteiger partial charge in [0, 0.05) is 5.04 Å². The van der Waals surface area contributed by atoms with Gasteiger partial charge in [0.25, 0.3) is 0 Å². The van der Waals surface area contributed by atoms with E-state index in [1.807, 2.05) is 0 Å². The second-order valence-electron chi connectivity index (χ2n) is 20.1. The minimum Gasteiger partial charge on any atom is -0.0730 e. The molecule has 0 nitrogen and oxygen atoms in total. The zero-order chi connectivity index (χ0) is 48.9. The molecule has 0 aliphatic heterocycles. The number of rotatable bonds is 10. The summed E-state index contributed by atoms with van der Waals surface area (Å²) in [6, 6.07) is 75.8. The Balaban J connectivity index is 1.70. The molecule has 70 heavy (non-hydrogen) atoms. The number of aryl methyl sites for hydroxylation is 6. The van der Waals surface area contributed by atoms with Crippen molar-refractivity contribution in [1.82, 2.24) is 0 Å². The van der Waals surface area contributed by atoms with Crippen LogP contribution in [0.5, 0.6) is 0 Å². The van der Waals surface area contributed by atoms with Crippen LogP contribution in [0.15, 0.2) is 223 Å². The summed E-state index contributed by atoms with van der Waals surface area (Å²) < 4.78 is 0. The average molecular weight is 921 g/mol. The van der Waals surface area contributed by atoms with Gasteiger partial charge in [0.15, 0.2) is 8.07 Å². The van der Waals surface area contributed by atoms with Crippen LogP contribution in [0.25, 0.3) is 66.8 Å². The van der Waals surface area contributed by atoms with Crippen LogP contribution in [0.3, 0.4) is 0 Å². The largest absolute Gasteiger partial charge is 0.166 e. The van der Waals surface area contributed by atoms with E-state index in [2.05, 4.69) is 276 Å². The maximum absolute atomic E-state index is 3.95. The highest BCUT2D eigenvalue weighted by Gasteiger charge is 2.62.